The van der Waals surface area contributed by atoms with Crippen molar-refractivity contribution in [3.05, 3.63) is 70.8 Å². The Morgan fingerprint density at radius 3 is 2.84 bits per heavy atom. The van der Waals surface area contributed by atoms with Crippen molar-refractivity contribution in [3.63, 3.8) is 0 Å². The number of hydrogen-bond donors (Lipinski definition) is 2. The fourth-order valence-corrected chi connectivity index (χ4v) is 3.48. The third-order valence-electron chi connectivity index (χ3n) is 4.88. The Balaban J connectivity index is 1.47. The Kier molecular flexibility index (Phi) is 6.19. The lowest BCUT2D eigenvalue weighted by Gasteiger charge is -2.24. The highest BCUT2D eigenvalue weighted by atomic mass is 35.5. The van der Waals surface area contributed by atoms with E-state index in [2.05, 4.69) is 25.9 Å². The van der Waals surface area contributed by atoms with Gasteiger partial charge in [-0.15, -0.1) is 5.10 Å². The van der Waals surface area contributed by atoms with Crippen molar-refractivity contribution < 1.29 is 19.1 Å². The second kappa shape index (κ2) is 9.20. The molecule has 0 saturated heterocycles. The van der Waals surface area contributed by atoms with Gasteiger partial charge in [-0.2, -0.15) is 5.10 Å². The zero-order valence-corrected chi connectivity index (χ0v) is 17.2. The third kappa shape index (κ3) is 4.34. The van der Waals surface area contributed by atoms with Crippen LogP contribution in [0.5, 0.6) is 0 Å². The first-order chi connectivity index (χ1) is 15.5. The average molecular weight is 458 g/mol. The molecule has 4 rings (SSSR count). The predicted octanol–water partition coefficient (Wildman–Crippen LogP) is 1.39. The van der Waals surface area contributed by atoms with E-state index in [0.717, 1.165) is 11.1 Å². The number of aromatic nitrogens is 4. The Morgan fingerprint density at radius 2 is 2.09 bits per heavy atom. The smallest absolute Gasteiger partial charge is 0.276 e. The maximum atomic E-state index is 14.0. The normalized spacial score (nSPS) is 16.2. The number of benzene rings is 2. The molecule has 2 N–H and O–H groups in total. The van der Waals surface area contributed by atoms with E-state index in [1.54, 1.807) is 18.2 Å². The van der Waals surface area contributed by atoms with Gasteiger partial charge >= 0.3 is 0 Å². The van der Waals surface area contributed by atoms with Gasteiger partial charge in [0.25, 0.3) is 5.91 Å². The first-order valence-electron chi connectivity index (χ1n) is 9.53. The lowest BCUT2D eigenvalue weighted by atomic mass is 10.1. The van der Waals surface area contributed by atoms with E-state index < -0.39 is 29.8 Å². The lowest BCUT2D eigenvalue weighted by Crippen LogP contribution is -2.46. The Bertz CT molecular complexity index is 1170. The molecule has 3 aromatic rings. The van der Waals surface area contributed by atoms with Gasteiger partial charge in [0.1, 0.15) is 18.2 Å². The molecule has 1 aliphatic heterocycles. The number of aliphatic hydroxyl groups is 1. The predicted molar refractivity (Wildman–Crippen MR) is 111 cm³/mol. The summed E-state index contributed by atoms with van der Waals surface area (Å²) in [7, 11) is 0. The molecule has 32 heavy (non-hydrogen) atoms. The molecule has 12 heteroatoms. The molecule has 2 amide bonds. The highest BCUT2D eigenvalue weighted by Gasteiger charge is 2.36. The summed E-state index contributed by atoms with van der Waals surface area (Å²) >= 11 is 6.09. The number of tetrazole rings is 1. The monoisotopic (exact) mass is 457 g/mol. The van der Waals surface area contributed by atoms with E-state index >= 15 is 0 Å². The second-order valence-corrected chi connectivity index (χ2v) is 7.34. The summed E-state index contributed by atoms with van der Waals surface area (Å²) in [5.41, 5.74) is 1.07. The number of aliphatic hydroxyl groups excluding tert-OH is 1. The van der Waals surface area contributed by atoms with E-state index in [0.29, 0.717) is 16.3 Å². The molecule has 0 radical (unpaired) electrons. The van der Waals surface area contributed by atoms with Crippen LogP contribution in [0.1, 0.15) is 23.7 Å². The van der Waals surface area contributed by atoms with Gasteiger partial charge in [0, 0.05) is 29.8 Å². The minimum atomic E-state index is -1.79. The summed E-state index contributed by atoms with van der Waals surface area (Å²) < 4.78 is 15.4. The maximum absolute atomic E-state index is 14.0. The number of halogens is 2. The molecule has 0 aliphatic carbocycles. The SMILES string of the molecule is O=C(NCc1cc(Cl)ccc1-n1cnnn1)[C@@H]1CC=NN1C(=O)C(O)c1ccccc1F. The standard InChI is InChI=1S/C20H17ClFN7O3/c21-13-5-6-16(28-11-24-26-27-28)12(9-13)10-23-19(31)17-7-8-25-29(17)20(32)18(30)14-3-1-2-4-15(14)22/h1-6,8-9,11,17-18,30H,7,10H2,(H,23,31)/t17-,18?/m0/s1. The van der Waals surface area contributed by atoms with Crippen LogP contribution in [0.4, 0.5) is 4.39 Å². The third-order valence-corrected chi connectivity index (χ3v) is 5.12. The number of hydrazone groups is 1. The van der Waals surface area contributed by atoms with Crippen molar-refractivity contribution in [1.82, 2.24) is 30.5 Å². The molecule has 0 spiro atoms. The molecule has 1 aromatic heterocycles. The first kappa shape index (κ1) is 21.5. The van der Waals surface area contributed by atoms with Gasteiger partial charge in [0.15, 0.2) is 6.10 Å². The van der Waals surface area contributed by atoms with Gasteiger partial charge in [-0.3, -0.25) is 9.59 Å². The number of carbonyl (C=O) groups is 2. The van der Waals surface area contributed by atoms with Crippen LogP contribution >= 0.6 is 11.6 Å². The number of hydrogen-bond acceptors (Lipinski definition) is 7. The quantitative estimate of drug-likeness (QED) is 0.576. The van der Waals surface area contributed by atoms with E-state index in [-0.39, 0.29) is 18.5 Å². The largest absolute Gasteiger partial charge is 0.378 e. The van der Waals surface area contributed by atoms with Crippen molar-refractivity contribution in [1.29, 1.82) is 0 Å². The van der Waals surface area contributed by atoms with Gasteiger partial charge in [-0.05, 0) is 40.3 Å². The number of nitrogens with one attached hydrogen (secondary N) is 1. The Hall–Kier alpha value is -3.70. The number of rotatable bonds is 6. The van der Waals surface area contributed by atoms with E-state index in [9.17, 15) is 19.1 Å². The molecule has 0 saturated carbocycles. The molecule has 0 fully saturated rings. The molecule has 1 aliphatic rings. The van der Waals surface area contributed by atoms with Crippen molar-refractivity contribution in [2.24, 2.45) is 5.10 Å². The van der Waals surface area contributed by atoms with Crippen LogP contribution in [0, 0.1) is 5.82 Å². The van der Waals surface area contributed by atoms with E-state index in [1.807, 2.05) is 0 Å². The number of carbonyl (C=O) groups excluding carboxylic acids is 2. The van der Waals surface area contributed by atoms with Crippen LogP contribution < -0.4 is 5.32 Å². The fraction of sp³-hybridized carbons (Fsp3) is 0.200. The Labute approximate surface area is 186 Å². The van der Waals surface area contributed by atoms with Crippen molar-refractivity contribution in [2.45, 2.75) is 25.1 Å². The van der Waals surface area contributed by atoms with Crippen LogP contribution in [0.15, 0.2) is 53.9 Å². The minimum Gasteiger partial charge on any atom is -0.378 e. The molecular weight excluding hydrogens is 441 g/mol. The fourth-order valence-electron chi connectivity index (χ4n) is 3.29. The first-order valence-corrected chi connectivity index (χ1v) is 9.91. The summed E-state index contributed by atoms with van der Waals surface area (Å²) in [5.74, 6) is -2.13. The van der Waals surface area contributed by atoms with E-state index in [4.69, 9.17) is 11.6 Å². The number of amides is 2. The van der Waals surface area contributed by atoms with Gasteiger partial charge in [-0.1, -0.05) is 29.8 Å². The molecule has 2 heterocycles. The summed E-state index contributed by atoms with van der Waals surface area (Å²) in [6, 6.07) is 9.43. The molecule has 164 valence electrons. The van der Waals surface area contributed by atoms with Crippen LogP contribution in [0.2, 0.25) is 5.02 Å². The van der Waals surface area contributed by atoms with Gasteiger partial charge in [0.2, 0.25) is 5.91 Å². The van der Waals surface area contributed by atoms with Crippen molar-refractivity contribution in [2.75, 3.05) is 0 Å². The molecule has 10 nitrogen and oxygen atoms in total. The Morgan fingerprint density at radius 1 is 1.28 bits per heavy atom. The zero-order chi connectivity index (χ0) is 22.7. The van der Waals surface area contributed by atoms with Gasteiger partial charge in [0.05, 0.1) is 5.69 Å². The highest BCUT2D eigenvalue weighted by Crippen LogP contribution is 2.23. The summed E-state index contributed by atoms with van der Waals surface area (Å²) in [6.45, 7) is 0.0724. The zero-order valence-electron chi connectivity index (χ0n) is 16.5. The minimum absolute atomic E-state index is 0.0724. The molecule has 1 unspecified atom stereocenters. The molecule has 2 aromatic carbocycles. The molecular formula is C20H17ClFN7O3. The van der Waals surface area contributed by atoms with E-state index in [1.165, 1.54) is 35.4 Å². The second-order valence-electron chi connectivity index (χ2n) is 6.90. The summed E-state index contributed by atoms with van der Waals surface area (Å²) in [5, 5.41) is 29.3. The summed E-state index contributed by atoms with van der Waals surface area (Å²) in [6.07, 6.45) is 1.16. The number of nitrogens with zero attached hydrogens (tertiary/aromatic N) is 6. The average Bonchev–Trinajstić information content (AvgIpc) is 3.49. The highest BCUT2D eigenvalue weighted by molar-refractivity contribution is 6.30. The van der Waals surface area contributed by atoms with Crippen molar-refractivity contribution >= 4 is 29.6 Å². The topological polar surface area (TPSA) is 126 Å². The van der Waals surface area contributed by atoms with Crippen molar-refractivity contribution in [3.8, 4) is 5.69 Å². The molecule has 2 atom stereocenters. The lowest BCUT2D eigenvalue weighted by molar-refractivity contribution is -0.146. The van der Waals surface area contributed by atoms with Crippen LogP contribution in [-0.2, 0) is 16.1 Å². The van der Waals surface area contributed by atoms with Crippen LogP contribution in [0.25, 0.3) is 5.69 Å². The molecule has 0 bridgehead atoms. The maximum Gasteiger partial charge on any atom is 0.276 e. The summed E-state index contributed by atoms with van der Waals surface area (Å²) in [4.78, 5) is 25.5. The van der Waals surface area contributed by atoms with Gasteiger partial charge in [-0.25, -0.2) is 14.1 Å². The van der Waals surface area contributed by atoms with Crippen LogP contribution in [0.3, 0.4) is 0 Å². The van der Waals surface area contributed by atoms with Gasteiger partial charge < -0.3 is 10.4 Å². The van der Waals surface area contributed by atoms with Crippen LogP contribution in [-0.4, -0.2) is 54.4 Å².